The zero-order valence-electron chi connectivity index (χ0n) is 15.6. The maximum absolute atomic E-state index is 12.6. The van der Waals surface area contributed by atoms with Gasteiger partial charge in [0.25, 0.3) is 0 Å². The number of anilines is 1. The first kappa shape index (κ1) is 19.0. The zero-order chi connectivity index (χ0) is 20.2. The molecule has 3 aliphatic rings. The van der Waals surface area contributed by atoms with Crippen LogP contribution in [0.1, 0.15) is 51.1 Å². The summed E-state index contributed by atoms with van der Waals surface area (Å²) in [5.74, 6) is 0.874. The maximum Gasteiger partial charge on any atom is 0.573 e. The van der Waals surface area contributed by atoms with Crippen molar-refractivity contribution in [3.8, 4) is 17.0 Å². The summed E-state index contributed by atoms with van der Waals surface area (Å²) in [5, 5.41) is 10.7. The molecular formula is C19H23F3N4O2. The number of nitrogens with zero attached hydrogens (tertiary/aromatic N) is 3. The molecule has 6 nitrogen and oxygen atoms in total. The minimum Gasteiger partial charge on any atom is -0.402 e. The third-order valence-corrected chi connectivity index (χ3v) is 5.81. The lowest BCUT2D eigenvalue weighted by Gasteiger charge is -2.26. The van der Waals surface area contributed by atoms with Gasteiger partial charge >= 0.3 is 6.36 Å². The van der Waals surface area contributed by atoms with Gasteiger partial charge in [0.05, 0.1) is 5.69 Å². The van der Waals surface area contributed by atoms with E-state index >= 15 is 0 Å². The summed E-state index contributed by atoms with van der Waals surface area (Å²) < 4.78 is 43.8. The van der Waals surface area contributed by atoms with Gasteiger partial charge in [0, 0.05) is 24.0 Å². The van der Waals surface area contributed by atoms with Crippen LogP contribution in [0.4, 0.5) is 19.0 Å². The van der Waals surface area contributed by atoms with E-state index in [-0.39, 0.29) is 17.8 Å². The van der Waals surface area contributed by atoms with Crippen molar-refractivity contribution in [3.05, 3.63) is 24.3 Å². The molecule has 0 spiro atoms. The molecule has 3 N–H and O–H groups in total. The van der Waals surface area contributed by atoms with E-state index in [9.17, 15) is 18.3 Å². The SMILES string of the molecule is CC(C)C(O)c1nc(-c2cnc(N)c(OC(F)(F)F)c2)cn1C1CC2CC1C2. The van der Waals surface area contributed by atoms with E-state index in [1.165, 1.54) is 25.1 Å². The number of ether oxygens (including phenoxy) is 1. The molecule has 2 unspecified atom stereocenters. The summed E-state index contributed by atoms with van der Waals surface area (Å²) in [4.78, 5) is 8.38. The quantitative estimate of drug-likeness (QED) is 0.795. The van der Waals surface area contributed by atoms with Crippen molar-refractivity contribution in [2.75, 3.05) is 5.73 Å². The van der Waals surface area contributed by atoms with E-state index in [1.807, 2.05) is 18.4 Å². The second-order valence-electron chi connectivity index (χ2n) is 8.14. The molecule has 152 valence electrons. The molecule has 2 heterocycles. The van der Waals surface area contributed by atoms with Gasteiger partial charge in [-0.25, -0.2) is 9.97 Å². The predicted molar refractivity (Wildman–Crippen MR) is 96.2 cm³/mol. The maximum atomic E-state index is 12.6. The van der Waals surface area contributed by atoms with Crippen molar-refractivity contribution in [1.82, 2.24) is 14.5 Å². The highest BCUT2D eigenvalue weighted by Gasteiger charge is 2.46. The van der Waals surface area contributed by atoms with E-state index in [2.05, 4.69) is 14.7 Å². The summed E-state index contributed by atoms with van der Waals surface area (Å²) in [7, 11) is 0. The molecule has 3 saturated carbocycles. The highest BCUT2D eigenvalue weighted by molar-refractivity contribution is 5.64. The Morgan fingerprint density at radius 3 is 2.57 bits per heavy atom. The van der Waals surface area contributed by atoms with Gasteiger partial charge in [-0.3, -0.25) is 0 Å². The highest BCUT2D eigenvalue weighted by Crippen LogP contribution is 2.55. The van der Waals surface area contributed by atoms with Crippen LogP contribution < -0.4 is 10.5 Å². The van der Waals surface area contributed by atoms with E-state index in [0.29, 0.717) is 23.0 Å². The molecule has 2 aromatic heterocycles. The first-order valence-electron chi connectivity index (χ1n) is 9.41. The van der Waals surface area contributed by atoms with Crippen molar-refractivity contribution < 1.29 is 23.0 Å². The molecule has 3 aliphatic carbocycles. The van der Waals surface area contributed by atoms with Gasteiger partial charge < -0.3 is 20.1 Å². The fourth-order valence-electron chi connectivity index (χ4n) is 4.30. The minimum absolute atomic E-state index is 0.0425. The Kier molecular flexibility index (Phi) is 4.52. The predicted octanol–water partition coefficient (Wildman–Crippen LogP) is 4.09. The Bertz CT molecular complexity index is 875. The third-order valence-electron chi connectivity index (χ3n) is 5.81. The number of aliphatic hydroxyl groups is 1. The Balaban J connectivity index is 1.73. The molecule has 2 aromatic rings. The molecular weight excluding hydrogens is 373 g/mol. The number of rotatable bonds is 5. The van der Waals surface area contributed by atoms with Crippen LogP contribution in [-0.4, -0.2) is 26.0 Å². The van der Waals surface area contributed by atoms with Gasteiger partial charge in [-0.2, -0.15) is 0 Å². The molecule has 5 rings (SSSR count). The molecule has 2 atom stereocenters. The summed E-state index contributed by atoms with van der Waals surface area (Å²) >= 11 is 0. The molecule has 0 aliphatic heterocycles. The molecule has 9 heteroatoms. The average molecular weight is 396 g/mol. The molecule has 28 heavy (non-hydrogen) atoms. The first-order chi connectivity index (χ1) is 13.1. The second-order valence-corrected chi connectivity index (χ2v) is 8.14. The molecule has 0 amide bonds. The van der Waals surface area contributed by atoms with Crippen LogP contribution >= 0.6 is 0 Å². The monoisotopic (exact) mass is 396 g/mol. The minimum atomic E-state index is -4.86. The Morgan fingerprint density at radius 2 is 2.00 bits per heavy atom. The van der Waals surface area contributed by atoms with Crippen molar-refractivity contribution in [3.63, 3.8) is 0 Å². The number of fused-ring (bicyclic) bond motifs is 1. The van der Waals surface area contributed by atoms with Crippen molar-refractivity contribution >= 4 is 5.82 Å². The van der Waals surface area contributed by atoms with Gasteiger partial charge in [0.2, 0.25) is 0 Å². The molecule has 0 saturated heterocycles. The number of imidazole rings is 1. The van der Waals surface area contributed by atoms with Crippen molar-refractivity contribution in [1.29, 1.82) is 0 Å². The van der Waals surface area contributed by atoms with Crippen molar-refractivity contribution in [2.24, 2.45) is 17.8 Å². The van der Waals surface area contributed by atoms with Gasteiger partial charge in [0.1, 0.15) is 11.9 Å². The highest BCUT2D eigenvalue weighted by atomic mass is 19.4. The molecule has 3 fully saturated rings. The molecule has 2 bridgehead atoms. The second kappa shape index (κ2) is 6.65. The van der Waals surface area contributed by atoms with Gasteiger partial charge in [-0.15, -0.1) is 13.2 Å². The standard InChI is InChI=1S/C19H23F3N4O2/c1-9(2)16(27)18-25-13(8-26(18)14-5-10-3-11(14)4-10)12-6-15(17(23)24-7-12)28-19(20,21)22/h6-11,14,16,27H,3-5H2,1-2H3,(H2,23,24). The first-order valence-corrected chi connectivity index (χ1v) is 9.41. The Hall–Kier alpha value is -2.29. The average Bonchev–Trinajstić information content (AvgIpc) is 3.26. The number of pyridine rings is 1. The van der Waals surface area contributed by atoms with Gasteiger partial charge in [-0.1, -0.05) is 13.8 Å². The lowest BCUT2D eigenvalue weighted by molar-refractivity contribution is -0.274. The number of aromatic nitrogens is 3. The molecule has 0 radical (unpaired) electrons. The van der Waals surface area contributed by atoms with Crippen LogP contribution in [0.15, 0.2) is 18.5 Å². The van der Waals surface area contributed by atoms with Crippen LogP contribution in [0.2, 0.25) is 0 Å². The number of nitrogens with two attached hydrogens (primary N) is 1. The van der Waals surface area contributed by atoms with E-state index in [0.717, 1.165) is 12.3 Å². The fraction of sp³-hybridized carbons (Fsp3) is 0.579. The fourth-order valence-corrected chi connectivity index (χ4v) is 4.30. The van der Waals surface area contributed by atoms with E-state index in [4.69, 9.17) is 5.73 Å². The van der Waals surface area contributed by atoms with Crippen LogP contribution in [0.3, 0.4) is 0 Å². The number of halogens is 3. The zero-order valence-corrected chi connectivity index (χ0v) is 15.6. The van der Waals surface area contributed by atoms with Crippen LogP contribution in [-0.2, 0) is 0 Å². The largest absolute Gasteiger partial charge is 0.573 e. The normalized spacial score (nSPS) is 25.0. The third kappa shape index (κ3) is 3.43. The van der Waals surface area contributed by atoms with E-state index in [1.54, 1.807) is 6.20 Å². The molecule has 0 aromatic carbocycles. The number of hydrogen-bond donors (Lipinski definition) is 2. The van der Waals surface area contributed by atoms with Crippen LogP contribution in [0.5, 0.6) is 5.75 Å². The van der Waals surface area contributed by atoms with Crippen LogP contribution in [0.25, 0.3) is 11.3 Å². The van der Waals surface area contributed by atoms with Crippen molar-refractivity contribution in [2.45, 2.75) is 51.6 Å². The number of aliphatic hydroxyl groups excluding tert-OH is 1. The van der Waals surface area contributed by atoms with Crippen LogP contribution in [0, 0.1) is 17.8 Å². The summed E-state index contributed by atoms with van der Waals surface area (Å²) in [5.41, 5.74) is 6.32. The topological polar surface area (TPSA) is 86.2 Å². The number of hydrogen-bond acceptors (Lipinski definition) is 5. The summed E-state index contributed by atoms with van der Waals surface area (Å²) in [6, 6.07) is 1.45. The van der Waals surface area contributed by atoms with Gasteiger partial charge in [-0.05, 0) is 43.1 Å². The summed E-state index contributed by atoms with van der Waals surface area (Å²) in [6.07, 6.45) is 0.949. The number of alkyl halides is 3. The Labute approximate surface area is 160 Å². The van der Waals surface area contributed by atoms with Gasteiger partial charge in [0.15, 0.2) is 11.6 Å². The number of nitrogen functional groups attached to an aromatic ring is 1. The lowest BCUT2D eigenvalue weighted by atomic mass is 9.84. The summed E-state index contributed by atoms with van der Waals surface area (Å²) in [6.45, 7) is 3.80. The Morgan fingerprint density at radius 1 is 1.29 bits per heavy atom. The lowest BCUT2D eigenvalue weighted by Crippen LogP contribution is -2.20. The van der Waals surface area contributed by atoms with E-state index < -0.39 is 18.2 Å². The smallest absolute Gasteiger partial charge is 0.402 e.